The topological polar surface area (TPSA) is 24.4 Å². The van der Waals surface area contributed by atoms with Gasteiger partial charge in [0.05, 0.1) is 5.69 Å². The van der Waals surface area contributed by atoms with Crippen molar-refractivity contribution in [3.8, 4) is 0 Å². The van der Waals surface area contributed by atoms with E-state index in [4.69, 9.17) is 0 Å². The zero-order valence-electron chi connectivity index (χ0n) is 14.4. The first-order chi connectivity index (χ1) is 11.6. The van der Waals surface area contributed by atoms with E-state index in [1.165, 1.54) is 22.3 Å². The number of anilines is 2. The lowest BCUT2D eigenvalue weighted by Gasteiger charge is -2.07. The fourth-order valence-corrected chi connectivity index (χ4v) is 2.85. The monoisotopic (exact) mass is 314 g/mol. The zero-order chi connectivity index (χ0) is 16.9. The minimum Gasteiger partial charge on any atom is -0.356 e. The van der Waals surface area contributed by atoms with Gasteiger partial charge in [-0.2, -0.15) is 0 Å². The number of benzene rings is 3. The summed E-state index contributed by atoms with van der Waals surface area (Å²) in [5, 5.41) is 3.38. The summed E-state index contributed by atoms with van der Waals surface area (Å²) in [4.78, 5) is 4.62. The Bertz CT molecular complexity index is 824. The second-order valence-electron chi connectivity index (χ2n) is 6.11. The number of para-hydroxylation sites is 1. The summed E-state index contributed by atoms with van der Waals surface area (Å²) in [6.45, 7) is 6.39. The molecule has 3 aromatic rings. The van der Waals surface area contributed by atoms with Crippen molar-refractivity contribution in [3.63, 3.8) is 0 Å². The molecule has 0 aromatic heterocycles. The molecule has 24 heavy (non-hydrogen) atoms. The van der Waals surface area contributed by atoms with E-state index in [0.29, 0.717) is 0 Å². The van der Waals surface area contributed by atoms with Crippen LogP contribution in [0.15, 0.2) is 71.7 Å². The molecule has 0 aliphatic carbocycles. The molecular weight excluding hydrogens is 292 g/mol. The number of rotatable bonds is 4. The van der Waals surface area contributed by atoms with Crippen LogP contribution in [0, 0.1) is 20.8 Å². The molecule has 120 valence electrons. The Morgan fingerprint density at radius 2 is 1.33 bits per heavy atom. The molecule has 0 aliphatic rings. The van der Waals surface area contributed by atoms with Crippen LogP contribution >= 0.6 is 0 Å². The van der Waals surface area contributed by atoms with Crippen LogP contribution in [0.5, 0.6) is 0 Å². The number of nitrogens with zero attached hydrogens (tertiary/aromatic N) is 1. The summed E-state index contributed by atoms with van der Waals surface area (Å²) < 4.78 is 0. The quantitative estimate of drug-likeness (QED) is 0.578. The molecule has 0 bridgehead atoms. The van der Waals surface area contributed by atoms with E-state index < -0.39 is 0 Å². The maximum Gasteiger partial charge on any atom is 0.0631 e. The molecule has 0 saturated heterocycles. The van der Waals surface area contributed by atoms with Gasteiger partial charge < -0.3 is 5.32 Å². The number of aryl methyl sites for hydroxylation is 3. The molecule has 0 aliphatic heterocycles. The van der Waals surface area contributed by atoms with Gasteiger partial charge in [0.15, 0.2) is 0 Å². The molecule has 0 spiro atoms. The highest BCUT2D eigenvalue weighted by molar-refractivity contribution is 5.86. The van der Waals surface area contributed by atoms with Crippen molar-refractivity contribution in [3.05, 3.63) is 89.0 Å². The van der Waals surface area contributed by atoms with E-state index in [-0.39, 0.29) is 0 Å². The normalized spacial score (nSPS) is 11.0. The molecular formula is C22H22N2. The first-order valence-electron chi connectivity index (χ1n) is 8.16. The molecule has 1 N–H and O–H groups in total. The van der Waals surface area contributed by atoms with Gasteiger partial charge in [0.1, 0.15) is 0 Å². The zero-order valence-corrected chi connectivity index (χ0v) is 14.4. The largest absolute Gasteiger partial charge is 0.356 e. The summed E-state index contributed by atoms with van der Waals surface area (Å²) in [6.07, 6.45) is 1.96. The fourth-order valence-electron chi connectivity index (χ4n) is 2.85. The third-order valence-electron chi connectivity index (χ3n) is 4.01. The van der Waals surface area contributed by atoms with Crippen LogP contribution in [0.3, 0.4) is 0 Å². The average molecular weight is 314 g/mol. The Morgan fingerprint density at radius 1 is 0.750 bits per heavy atom. The van der Waals surface area contributed by atoms with E-state index in [1.807, 2.05) is 36.5 Å². The van der Waals surface area contributed by atoms with Crippen LogP contribution in [-0.4, -0.2) is 6.21 Å². The first kappa shape index (κ1) is 16.0. The Balaban J connectivity index is 1.75. The number of aliphatic imine (C=N–C) groups is 1. The lowest BCUT2D eigenvalue weighted by atomic mass is 10.0. The second-order valence-corrected chi connectivity index (χ2v) is 6.11. The predicted molar refractivity (Wildman–Crippen MR) is 104 cm³/mol. The average Bonchev–Trinajstić information content (AvgIpc) is 2.56. The van der Waals surface area contributed by atoms with Gasteiger partial charge >= 0.3 is 0 Å². The van der Waals surface area contributed by atoms with Crippen molar-refractivity contribution in [2.75, 3.05) is 5.32 Å². The fraction of sp³-hybridized carbons (Fsp3) is 0.136. The van der Waals surface area contributed by atoms with Gasteiger partial charge in [0.25, 0.3) is 0 Å². The van der Waals surface area contributed by atoms with Crippen molar-refractivity contribution in [2.45, 2.75) is 20.8 Å². The highest BCUT2D eigenvalue weighted by atomic mass is 14.9. The molecule has 3 aromatic carbocycles. The summed E-state index contributed by atoms with van der Waals surface area (Å²) in [5.41, 5.74) is 8.11. The third-order valence-corrected chi connectivity index (χ3v) is 4.01. The minimum absolute atomic E-state index is 0.952. The standard InChI is InChI=1S/C22H22N2/c1-16-13-17(2)22(18(3)14-16)15-23-19-9-11-21(12-10-19)24-20-7-5-4-6-8-20/h4-15,24H,1-3H3. The van der Waals surface area contributed by atoms with Crippen molar-refractivity contribution in [2.24, 2.45) is 4.99 Å². The van der Waals surface area contributed by atoms with Crippen molar-refractivity contribution in [1.29, 1.82) is 0 Å². The molecule has 3 rings (SSSR count). The van der Waals surface area contributed by atoms with E-state index in [9.17, 15) is 0 Å². The van der Waals surface area contributed by atoms with E-state index >= 15 is 0 Å². The lowest BCUT2D eigenvalue weighted by Crippen LogP contribution is -1.93. The number of nitrogens with one attached hydrogen (secondary N) is 1. The van der Waals surface area contributed by atoms with E-state index in [0.717, 1.165) is 17.1 Å². The Morgan fingerprint density at radius 3 is 1.96 bits per heavy atom. The van der Waals surface area contributed by atoms with Gasteiger partial charge in [-0.05, 0) is 73.9 Å². The lowest BCUT2D eigenvalue weighted by molar-refractivity contribution is 1.30. The van der Waals surface area contributed by atoms with Crippen molar-refractivity contribution in [1.82, 2.24) is 0 Å². The molecule has 0 heterocycles. The van der Waals surface area contributed by atoms with Crippen LogP contribution in [0.4, 0.5) is 17.1 Å². The van der Waals surface area contributed by atoms with E-state index in [1.54, 1.807) is 0 Å². The van der Waals surface area contributed by atoms with Gasteiger partial charge in [-0.3, -0.25) is 4.99 Å². The summed E-state index contributed by atoms with van der Waals surface area (Å²) >= 11 is 0. The molecule has 0 saturated carbocycles. The van der Waals surface area contributed by atoms with Gasteiger partial charge in [-0.25, -0.2) is 0 Å². The van der Waals surface area contributed by atoms with Crippen LogP contribution in [0.25, 0.3) is 0 Å². The number of hydrogen-bond acceptors (Lipinski definition) is 2. The molecule has 0 unspecified atom stereocenters. The second kappa shape index (κ2) is 7.14. The highest BCUT2D eigenvalue weighted by Crippen LogP contribution is 2.21. The summed E-state index contributed by atoms with van der Waals surface area (Å²) in [6, 6.07) is 22.7. The van der Waals surface area contributed by atoms with Crippen LogP contribution in [0.2, 0.25) is 0 Å². The maximum atomic E-state index is 4.62. The van der Waals surface area contributed by atoms with Gasteiger partial charge in [-0.15, -0.1) is 0 Å². The van der Waals surface area contributed by atoms with Crippen molar-refractivity contribution < 1.29 is 0 Å². The molecule has 0 amide bonds. The first-order valence-corrected chi connectivity index (χ1v) is 8.16. The molecule has 0 atom stereocenters. The number of hydrogen-bond donors (Lipinski definition) is 1. The molecule has 0 fully saturated rings. The molecule has 2 heteroatoms. The minimum atomic E-state index is 0.952. The highest BCUT2D eigenvalue weighted by Gasteiger charge is 2.01. The van der Waals surface area contributed by atoms with Gasteiger partial charge in [0, 0.05) is 17.6 Å². The van der Waals surface area contributed by atoms with Gasteiger partial charge in [0.2, 0.25) is 0 Å². The van der Waals surface area contributed by atoms with Crippen molar-refractivity contribution >= 4 is 23.3 Å². The van der Waals surface area contributed by atoms with E-state index in [2.05, 4.69) is 67.5 Å². The molecule has 2 nitrogen and oxygen atoms in total. The van der Waals surface area contributed by atoms with Crippen LogP contribution < -0.4 is 5.32 Å². The van der Waals surface area contributed by atoms with Crippen LogP contribution in [-0.2, 0) is 0 Å². The third kappa shape index (κ3) is 3.90. The summed E-state index contributed by atoms with van der Waals surface area (Å²) in [7, 11) is 0. The maximum absolute atomic E-state index is 4.62. The predicted octanol–water partition coefficient (Wildman–Crippen LogP) is 6.11. The Kier molecular flexibility index (Phi) is 4.76. The summed E-state index contributed by atoms with van der Waals surface area (Å²) in [5.74, 6) is 0. The van der Waals surface area contributed by atoms with Crippen LogP contribution in [0.1, 0.15) is 22.3 Å². The SMILES string of the molecule is Cc1cc(C)c(C=Nc2ccc(Nc3ccccc3)cc2)c(C)c1. The Labute approximate surface area is 143 Å². The Hall–Kier alpha value is -2.87. The smallest absolute Gasteiger partial charge is 0.0631 e. The van der Waals surface area contributed by atoms with Gasteiger partial charge in [-0.1, -0.05) is 35.9 Å². The molecule has 0 radical (unpaired) electrons.